The first kappa shape index (κ1) is 40.8. The number of nitrogens with zero attached hydrogens (tertiary/aromatic N) is 1. The van der Waals surface area contributed by atoms with Crippen LogP contribution in [0.5, 0.6) is 17.2 Å². The quantitative estimate of drug-likeness (QED) is 0.0990. The van der Waals surface area contributed by atoms with E-state index in [9.17, 15) is 0 Å². The van der Waals surface area contributed by atoms with Crippen LogP contribution in [0.1, 0.15) is 41.5 Å². The van der Waals surface area contributed by atoms with Crippen molar-refractivity contribution in [1.82, 2.24) is 9.72 Å². The molecule has 1 aliphatic rings. The van der Waals surface area contributed by atoms with Crippen molar-refractivity contribution in [2.75, 3.05) is 0 Å². The predicted octanol–water partition coefficient (Wildman–Crippen LogP) is 13.5. The summed E-state index contributed by atoms with van der Waals surface area (Å²) in [6, 6.07) is 54.4. The van der Waals surface area contributed by atoms with Gasteiger partial charge in [-0.2, -0.15) is 0 Å². The van der Waals surface area contributed by atoms with Gasteiger partial charge in [-0.1, -0.05) is 0 Å². The van der Waals surface area contributed by atoms with Crippen molar-refractivity contribution < 1.29 is 27.1 Å². The predicted molar refractivity (Wildman–Crippen MR) is 238 cm³/mol. The molecule has 0 amide bonds. The Bertz CT molecular complexity index is 2250. The third-order valence-corrected chi connectivity index (χ3v) is 19.4. The van der Waals surface area contributed by atoms with Gasteiger partial charge < -0.3 is 0 Å². The maximum absolute atomic E-state index is 7.02. The molecule has 0 aliphatic carbocycles. The topological polar surface area (TPSA) is 91.8 Å². The SMILES string of the molecule is CC(C)OP1(Oc2ccc(-c3ccccc3)cc2)=N[PH](Oc2ccc(-c3ccccc3)cc2)(OC(C)C)N[PH](Oc2ccc(-c3ccccc3)cc2)(OC(C)C)N1. The van der Waals surface area contributed by atoms with Gasteiger partial charge in [0.1, 0.15) is 0 Å². The van der Waals surface area contributed by atoms with E-state index in [0.717, 1.165) is 33.4 Å². The molecule has 2 N–H and O–H groups in total. The Hall–Kier alpha value is -4.39. The molecule has 0 fully saturated rings. The van der Waals surface area contributed by atoms with E-state index in [4.69, 9.17) is 31.7 Å². The summed E-state index contributed by atoms with van der Waals surface area (Å²) < 4.78 is 46.9. The third kappa shape index (κ3) is 10.6. The second-order valence-corrected chi connectivity index (χ2v) is 21.9. The Labute approximate surface area is 338 Å². The Morgan fingerprint density at radius 2 is 0.825 bits per heavy atom. The van der Waals surface area contributed by atoms with Gasteiger partial charge in [0, 0.05) is 0 Å². The Morgan fingerprint density at radius 1 is 0.439 bits per heavy atom. The summed E-state index contributed by atoms with van der Waals surface area (Å²) >= 11 is 0. The van der Waals surface area contributed by atoms with E-state index >= 15 is 0 Å². The van der Waals surface area contributed by atoms with E-state index in [1.165, 1.54) is 0 Å². The molecule has 298 valence electrons. The summed E-state index contributed by atoms with van der Waals surface area (Å²) in [5.74, 6) is 1.70. The number of benzene rings is 6. The molecule has 0 spiro atoms. The van der Waals surface area contributed by atoms with E-state index in [1.807, 2.05) is 169 Å². The Morgan fingerprint density at radius 3 is 1.23 bits per heavy atom. The van der Waals surface area contributed by atoms with Crippen LogP contribution >= 0.6 is 23.7 Å². The van der Waals surface area contributed by atoms with Crippen LogP contribution < -0.4 is 23.3 Å². The van der Waals surface area contributed by atoms with Gasteiger partial charge in [-0.15, -0.1) is 0 Å². The van der Waals surface area contributed by atoms with Crippen LogP contribution in [-0.2, 0) is 13.6 Å². The van der Waals surface area contributed by atoms with Gasteiger partial charge in [-0.25, -0.2) is 0 Å². The van der Waals surface area contributed by atoms with E-state index in [2.05, 4.69) is 46.1 Å². The summed E-state index contributed by atoms with van der Waals surface area (Å²) in [6.07, 6.45) is -0.917. The summed E-state index contributed by atoms with van der Waals surface area (Å²) in [4.78, 5) is 7.29. The number of hydrogen-bond acceptors (Lipinski definition) is 9. The average Bonchev–Trinajstić information content (AvgIpc) is 3.18. The van der Waals surface area contributed by atoms with Gasteiger partial charge in [0.25, 0.3) is 0 Å². The van der Waals surface area contributed by atoms with Crippen LogP contribution in [0, 0.1) is 0 Å². The Balaban J connectivity index is 1.34. The molecule has 1 atom stereocenters. The summed E-state index contributed by atoms with van der Waals surface area (Å²) in [6.45, 7) is 11.8. The van der Waals surface area contributed by atoms with Gasteiger partial charge in [-0.3, -0.25) is 0 Å². The number of hydrogen-bond donors (Lipinski definition) is 2. The molecule has 1 aliphatic heterocycles. The van der Waals surface area contributed by atoms with E-state index in [0.29, 0.717) is 17.2 Å². The maximum atomic E-state index is 7.02. The molecule has 6 aromatic rings. The second kappa shape index (κ2) is 18.0. The summed E-state index contributed by atoms with van der Waals surface area (Å²) in [5.41, 5.74) is 6.48. The van der Waals surface area contributed by atoms with Crippen LogP contribution in [0.15, 0.2) is 168 Å². The number of nitrogens with one attached hydrogen (secondary N) is 2. The van der Waals surface area contributed by atoms with E-state index < -0.39 is 23.7 Å². The standard InChI is InChI=1S/C45H52N3O6P3/c1-34(2)49-55(52-43-28-22-40(23-29-43)37-16-10-7-11-17-37)46-56(50-35(3)4,53-44-30-24-41(25-31-44)38-18-12-8-13-19-38)48-57(47-55,51-36(5)6)54-45-32-26-42(27-33-45)39-20-14-9-15-21-39/h7-36,46-47,55-56H,1-6H3. The van der Waals surface area contributed by atoms with Crippen molar-refractivity contribution in [3.63, 3.8) is 0 Å². The first-order valence-corrected chi connectivity index (χ1v) is 24.5. The molecule has 0 bridgehead atoms. The molecule has 0 saturated heterocycles. The van der Waals surface area contributed by atoms with Crippen LogP contribution in [0.2, 0.25) is 0 Å². The molecule has 6 aromatic carbocycles. The fourth-order valence-corrected chi connectivity index (χ4v) is 18.7. The molecule has 0 aromatic heterocycles. The van der Waals surface area contributed by atoms with Gasteiger partial charge >= 0.3 is 339 Å². The van der Waals surface area contributed by atoms with Crippen LogP contribution in [-0.4, -0.2) is 18.3 Å². The minimum absolute atomic E-state index is 0.291. The zero-order valence-electron chi connectivity index (χ0n) is 33.2. The van der Waals surface area contributed by atoms with E-state index in [-0.39, 0.29) is 18.3 Å². The summed E-state index contributed by atoms with van der Waals surface area (Å²) in [7, 11) is -11.5. The van der Waals surface area contributed by atoms with Crippen molar-refractivity contribution in [3.8, 4) is 50.6 Å². The summed E-state index contributed by atoms with van der Waals surface area (Å²) in [5, 5.41) is 0. The second-order valence-electron chi connectivity index (χ2n) is 14.5. The van der Waals surface area contributed by atoms with Crippen LogP contribution in [0.3, 0.4) is 0 Å². The van der Waals surface area contributed by atoms with Crippen molar-refractivity contribution in [1.29, 1.82) is 0 Å². The molecular formula is C45H52N3O6P3. The average molecular weight is 824 g/mol. The first-order valence-electron chi connectivity index (χ1n) is 19.3. The first-order chi connectivity index (χ1) is 27.5. The molecule has 0 radical (unpaired) electrons. The zero-order valence-corrected chi connectivity index (χ0v) is 36.1. The van der Waals surface area contributed by atoms with Crippen LogP contribution in [0.4, 0.5) is 0 Å². The monoisotopic (exact) mass is 823 g/mol. The fourth-order valence-electron chi connectivity index (χ4n) is 6.45. The molecule has 9 nitrogen and oxygen atoms in total. The molecule has 0 saturated carbocycles. The normalized spacial score (nSPS) is 18.4. The number of rotatable bonds is 15. The molecule has 12 heteroatoms. The molecular weight excluding hydrogens is 771 g/mol. The van der Waals surface area contributed by atoms with Gasteiger partial charge in [0.15, 0.2) is 0 Å². The van der Waals surface area contributed by atoms with Crippen molar-refractivity contribution >= 4 is 23.7 Å². The molecule has 57 heavy (non-hydrogen) atoms. The van der Waals surface area contributed by atoms with Gasteiger partial charge in [0.2, 0.25) is 0 Å². The molecule has 1 unspecified atom stereocenters. The van der Waals surface area contributed by atoms with Gasteiger partial charge in [0.05, 0.1) is 0 Å². The van der Waals surface area contributed by atoms with E-state index in [1.54, 1.807) is 0 Å². The van der Waals surface area contributed by atoms with Gasteiger partial charge in [-0.05, 0) is 0 Å². The Kier molecular flexibility index (Phi) is 12.9. The third-order valence-electron chi connectivity index (χ3n) is 8.66. The van der Waals surface area contributed by atoms with Crippen molar-refractivity contribution in [3.05, 3.63) is 164 Å². The minimum atomic E-state index is -4.00. The van der Waals surface area contributed by atoms with Crippen molar-refractivity contribution in [2.24, 2.45) is 4.52 Å². The molecule has 7 rings (SSSR count). The van der Waals surface area contributed by atoms with Crippen molar-refractivity contribution in [2.45, 2.75) is 59.9 Å². The van der Waals surface area contributed by atoms with Crippen LogP contribution in [0.25, 0.3) is 33.4 Å². The fraction of sp³-hybridized carbons (Fsp3) is 0.200. The molecule has 1 heterocycles. The zero-order chi connectivity index (χ0) is 39.9.